The van der Waals surface area contributed by atoms with Crippen LogP contribution < -0.4 is 5.32 Å². The summed E-state index contributed by atoms with van der Waals surface area (Å²) in [6.45, 7) is 3.99. The number of hydrogen-bond acceptors (Lipinski definition) is 3. The molecule has 1 aliphatic heterocycles. The number of ether oxygens (including phenoxy) is 1. The van der Waals surface area contributed by atoms with Crippen LogP contribution in [-0.2, 0) is 11.3 Å². The van der Waals surface area contributed by atoms with Gasteiger partial charge in [0.25, 0.3) is 0 Å². The third-order valence-electron chi connectivity index (χ3n) is 3.68. The van der Waals surface area contributed by atoms with E-state index < -0.39 is 0 Å². The van der Waals surface area contributed by atoms with Gasteiger partial charge in [0, 0.05) is 38.3 Å². The van der Waals surface area contributed by atoms with Crippen LogP contribution >= 0.6 is 11.6 Å². The molecule has 0 amide bonds. The molecule has 1 saturated heterocycles. The lowest BCUT2D eigenvalue weighted by atomic mass is 10.1. The lowest BCUT2D eigenvalue weighted by molar-refractivity contribution is 0.137. The number of hydrogen-bond donors (Lipinski definition) is 1. The number of rotatable bonds is 7. The molecule has 1 heterocycles. The second-order valence-corrected chi connectivity index (χ2v) is 5.64. The molecule has 1 aromatic rings. The minimum absolute atomic E-state index is 0.188. The van der Waals surface area contributed by atoms with E-state index in [0.717, 1.165) is 19.6 Å². The Labute approximate surface area is 125 Å². The second-order valence-electron chi connectivity index (χ2n) is 5.23. The Balaban J connectivity index is 1.99. The molecule has 0 bridgehead atoms. The van der Waals surface area contributed by atoms with E-state index >= 15 is 0 Å². The van der Waals surface area contributed by atoms with Gasteiger partial charge in [-0.15, -0.1) is 0 Å². The average Bonchev–Trinajstić information content (AvgIpc) is 2.94. The lowest BCUT2D eigenvalue weighted by Crippen LogP contribution is -2.39. The fourth-order valence-corrected chi connectivity index (χ4v) is 2.79. The first kappa shape index (κ1) is 15.7. The second kappa shape index (κ2) is 7.93. The van der Waals surface area contributed by atoms with Crippen molar-refractivity contribution in [2.75, 3.05) is 33.4 Å². The molecule has 1 atom stereocenters. The van der Waals surface area contributed by atoms with Gasteiger partial charge in [0.1, 0.15) is 5.82 Å². The number of nitrogens with zero attached hydrogens (tertiary/aromatic N) is 1. The number of halogens is 2. The largest absolute Gasteiger partial charge is 0.383 e. The average molecular weight is 301 g/mol. The maximum Gasteiger partial charge on any atom is 0.146 e. The Morgan fingerprint density at radius 3 is 3.05 bits per heavy atom. The van der Waals surface area contributed by atoms with E-state index in [1.165, 1.54) is 12.8 Å². The van der Waals surface area contributed by atoms with E-state index in [-0.39, 0.29) is 10.8 Å². The van der Waals surface area contributed by atoms with E-state index in [1.54, 1.807) is 25.3 Å². The van der Waals surface area contributed by atoms with Crippen molar-refractivity contribution in [1.29, 1.82) is 0 Å². The molecular formula is C15H22ClFN2O. The molecule has 1 aliphatic rings. The van der Waals surface area contributed by atoms with E-state index in [1.807, 2.05) is 0 Å². The maximum atomic E-state index is 14.0. The van der Waals surface area contributed by atoms with Crippen LogP contribution in [0, 0.1) is 5.82 Å². The van der Waals surface area contributed by atoms with Gasteiger partial charge in [-0.3, -0.25) is 4.90 Å². The molecule has 0 radical (unpaired) electrons. The highest BCUT2D eigenvalue weighted by Crippen LogP contribution is 2.19. The summed E-state index contributed by atoms with van der Waals surface area (Å²) in [5, 5.41) is 3.66. The summed E-state index contributed by atoms with van der Waals surface area (Å²) >= 11 is 5.84. The van der Waals surface area contributed by atoms with Crippen molar-refractivity contribution in [3.05, 3.63) is 34.6 Å². The standard InChI is InChI=1S/C15H22ClFN2O/c1-20-9-8-19(11-13-5-3-7-18-13)10-12-4-2-6-14(16)15(12)17/h2,4,6,13,18H,3,5,7-11H2,1H3. The zero-order valence-corrected chi connectivity index (χ0v) is 12.6. The van der Waals surface area contributed by atoms with E-state index in [0.29, 0.717) is 24.8 Å². The highest BCUT2D eigenvalue weighted by Gasteiger charge is 2.19. The van der Waals surface area contributed by atoms with Crippen LogP contribution in [0.1, 0.15) is 18.4 Å². The van der Waals surface area contributed by atoms with Crippen molar-refractivity contribution in [2.45, 2.75) is 25.4 Å². The monoisotopic (exact) mass is 300 g/mol. The number of nitrogens with one attached hydrogen (secondary N) is 1. The van der Waals surface area contributed by atoms with Crippen LogP contribution in [0.2, 0.25) is 5.02 Å². The van der Waals surface area contributed by atoms with E-state index in [9.17, 15) is 4.39 Å². The molecule has 1 fully saturated rings. The first-order valence-electron chi connectivity index (χ1n) is 7.08. The van der Waals surface area contributed by atoms with Gasteiger partial charge in [0.2, 0.25) is 0 Å². The van der Waals surface area contributed by atoms with Crippen LogP contribution in [0.5, 0.6) is 0 Å². The fraction of sp³-hybridized carbons (Fsp3) is 0.600. The summed E-state index contributed by atoms with van der Waals surface area (Å²) in [6.07, 6.45) is 2.40. The topological polar surface area (TPSA) is 24.5 Å². The first-order valence-corrected chi connectivity index (χ1v) is 7.46. The molecule has 1 N–H and O–H groups in total. The van der Waals surface area contributed by atoms with Gasteiger partial charge in [-0.1, -0.05) is 23.7 Å². The van der Waals surface area contributed by atoms with Gasteiger partial charge >= 0.3 is 0 Å². The SMILES string of the molecule is COCCN(Cc1cccc(Cl)c1F)CC1CCCN1. The Morgan fingerprint density at radius 2 is 2.35 bits per heavy atom. The summed E-state index contributed by atoms with van der Waals surface area (Å²) in [7, 11) is 1.69. The van der Waals surface area contributed by atoms with E-state index in [2.05, 4.69) is 10.2 Å². The molecule has 112 valence electrons. The molecule has 5 heteroatoms. The van der Waals surface area contributed by atoms with Crippen molar-refractivity contribution in [3.63, 3.8) is 0 Å². The molecule has 0 aliphatic carbocycles. The summed E-state index contributed by atoms with van der Waals surface area (Å²) < 4.78 is 19.1. The molecule has 1 unspecified atom stereocenters. The summed E-state index contributed by atoms with van der Waals surface area (Å²) in [5.41, 5.74) is 0.645. The molecule has 0 aromatic heterocycles. The highest BCUT2D eigenvalue weighted by molar-refractivity contribution is 6.30. The van der Waals surface area contributed by atoms with Gasteiger partial charge in [-0.25, -0.2) is 4.39 Å². The molecule has 2 rings (SSSR count). The van der Waals surface area contributed by atoms with Crippen LogP contribution in [0.25, 0.3) is 0 Å². The fourth-order valence-electron chi connectivity index (χ4n) is 2.59. The molecular weight excluding hydrogens is 279 g/mol. The zero-order valence-electron chi connectivity index (χ0n) is 11.9. The van der Waals surface area contributed by atoms with Gasteiger partial charge < -0.3 is 10.1 Å². The first-order chi connectivity index (χ1) is 9.70. The third kappa shape index (κ3) is 4.42. The Hall–Kier alpha value is -0.680. The quantitative estimate of drug-likeness (QED) is 0.838. The van der Waals surface area contributed by atoms with Crippen molar-refractivity contribution in [3.8, 4) is 0 Å². The van der Waals surface area contributed by atoms with Gasteiger partial charge in [-0.05, 0) is 25.5 Å². The maximum absolute atomic E-state index is 14.0. The van der Waals surface area contributed by atoms with Gasteiger partial charge in [0.05, 0.1) is 11.6 Å². The molecule has 0 spiro atoms. The predicted octanol–water partition coefficient (Wildman–Crippen LogP) is 2.68. The minimum atomic E-state index is -0.309. The van der Waals surface area contributed by atoms with Crippen molar-refractivity contribution in [1.82, 2.24) is 10.2 Å². The van der Waals surface area contributed by atoms with Crippen molar-refractivity contribution < 1.29 is 9.13 Å². The van der Waals surface area contributed by atoms with Gasteiger partial charge in [0.15, 0.2) is 0 Å². The smallest absolute Gasteiger partial charge is 0.146 e. The summed E-state index contributed by atoms with van der Waals surface area (Å²) in [5.74, 6) is -0.309. The number of benzene rings is 1. The summed E-state index contributed by atoms with van der Waals surface area (Å²) in [6, 6.07) is 5.67. The van der Waals surface area contributed by atoms with Crippen LogP contribution in [-0.4, -0.2) is 44.3 Å². The zero-order chi connectivity index (χ0) is 14.4. The Kier molecular flexibility index (Phi) is 6.23. The Bertz CT molecular complexity index is 424. The van der Waals surface area contributed by atoms with Crippen LogP contribution in [0.15, 0.2) is 18.2 Å². The van der Waals surface area contributed by atoms with Gasteiger partial charge in [-0.2, -0.15) is 0 Å². The van der Waals surface area contributed by atoms with Crippen molar-refractivity contribution in [2.24, 2.45) is 0 Å². The normalized spacial score (nSPS) is 18.9. The molecule has 3 nitrogen and oxygen atoms in total. The molecule has 1 aromatic carbocycles. The number of methoxy groups -OCH3 is 1. The van der Waals surface area contributed by atoms with Crippen molar-refractivity contribution >= 4 is 11.6 Å². The highest BCUT2D eigenvalue weighted by atomic mass is 35.5. The molecule has 20 heavy (non-hydrogen) atoms. The van der Waals surface area contributed by atoms with Crippen LogP contribution in [0.4, 0.5) is 4.39 Å². The van der Waals surface area contributed by atoms with E-state index in [4.69, 9.17) is 16.3 Å². The third-order valence-corrected chi connectivity index (χ3v) is 3.97. The predicted molar refractivity (Wildman–Crippen MR) is 79.6 cm³/mol. The summed E-state index contributed by atoms with van der Waals surface area (Å²) in [4.78, 5) is 2.22. The minimum Gasteiger partial charge on any atom is -0.383 e. The molecule has 0 saturated carbocycles. The lowest BCUT2D eigenvalue weighted by Gasteiger charge is -2.25. The van der Waals surface area contributed by atoms with Crippen LogP contribution in [0.3, 0.4) is 0 Å². The Morgan fingerprint density at radius 1 is 1.50 bits per heavy atom.